The lowest BCUT2D eigenvalue weighted by molar-refractivity contribution is -0.0386. The normalized spacial score (nSPS) is 14.8. The maximum Gasteiger partial charge on any atom is 0.477 e. The molecule has 0 aliphatic rings. The molecule has 4 nitrogen and oxygen atoms in total. The van der Waals surface area contributed by atoms with Crippen molar-refractivity contribution < 1.29 is 17.4 Å². The first kappa shape index (κ1) is 15.2. The second kappa shape index (κ2) is 4.70. The summed E-state index contributed by atoms with van der Waals surface area (Å²) in [6, 6.07) is 1.03. The monoisotopic (exact) mass is 325 g/mol. The Balaban J connectivity index is 2.59. The first-order chi connectivity index (χ1) is 9.01. The summed E-state index contributed by atoms with van der Waals surface area (Å²) in [6.07, 6.45) is 1.10. The molecule has 2 aromatic heterocycles. The average Bonchev–Trinajstić information content (AvgIpc) is 2.64. The van der Waals surface area contributed by atoms with E-state index in [0.29, 0.717) is 5.69 Å². The summed E-state index contributed by atoms with van der Waals surface area (Å²) < 4.78 is 49.9. The van der Waals surface area contributed by atoms with E-state index in [4.69, 9.17) is 11.6 Å². The van der Waals surface area contributed by atoms with Crippen molar-refractivity contribution in [3.05, 3.63) is 23.2 Å². The highest BCUT2D eigenvalue weighted by molar-refractivity contribution is 7.85. The number of hydrogen-bond donors (Lipinski definition) is 0. The molecule has 0 bridgehead atoms. The summed E-state index contributed by atoms with van der Waals surface area (Å²) >= 11 is 6.13. The Hall–Kier alpha value is -1.15. The topological polar surface area (TPSA) is 47.3 Å². The van der Waals surface area contributed by atoms with Gasteiger partial charge in [0.25, 0.3) is 0 Å². The van der Waals surface area contributed by atoms with Crippen LogP contribution in [0, 0.1) is 0 Å². The quantitative estimate of drug-likeness (QED) is 0.756. The molecule has 20 heavy (non-hydrogen) atoms. The van der Waals surface area contributed by atoms with Crippen molar-refractivity contribution in [2.75, 3.05) is 0 Å². The van der Waals surface area contributed by atoms with E-state index < -0.39 is 21.3 Å². The van der Waals surface area contributed by atoms with Gasteiger partial charge in [-0.15, -0.1) is 0 Å². The molecular formula is C11H11ClF3N3OS. The van der Waals surface area contributed by atoms with Crippen molar-refractivity contribution in [3.8, 4) is 0 Å². The van der Waals surface area contributed by atoms with Crippen molar-refractivity contribution in [2.24, 2.45) is 0 Å². The lowest BCUT2D eigenvalue weighted by atomic mass is 9.93. The minimum atomic E-state index is -4.85. The van der Waals surface area contributed by atoms with Gasteiger partial charge >= 0.3 is 5.51 Å². The minimum absolute atomic E-state index is 0.183. The van der Waals surface area contributed by atoms with Crippen LogP contribution in [0.1, 0.15) is 26.5 Å². The number of hydrogen-bond acceptors (Lipinski definition) is 3. The third kappa shape index (κ3) is 2.67. The van der Waals surface area contributed by atoms with E-state index in [1.165, 1.54) is 4.40 Å². The van der Waals surface area contributed by atoms with E-state index in [0.717, 1.165) is 12.4 Å². The molecule has 2 rings (SSSR count). The molecule has 2 aromatic rings. The van der Waals surface area contributed by atoms with Crippen molar-refractivity contribution in [1.29, 1.82) is 0 Å². The van der Waals surface area contributed by atoms with Crippen LogP contribution in [0.25, 0.3) is 5.65 Å². The zero-order chi connectivity index (χ0) is 15.3. The molecule has 1 unspecified atom stereocenters. The van der Waals surface area contributed by atoms with Crippen molar-refractivity contribution in [1.82, 2.24) is 14.4 Å². The Morgan fingerprint density at radius 2 is 1.90 bits per heavy atom. The van der Waals surface area contributed by atoms with Gasteiger partial charge in [0.2, 0.25) is 0 Å². The summed E-state index contributed by atoms with van der Waals surface area (Å²) in [5.74, 6) is 0. The average molecular weight is 326 g/mol. The van der Waals surface area contributed by atoms with E-state index in [1.807, 2.05) is 20.8 Å². The SMILES string of the molecule is CC(C)(C)c1nc2cc(S(=O)C(F)(F)F)ncn2c1Cl. The van der Waals surface area contributed by atoms with Crippen LogP contribution in [0.5, 0.6) is 0 Å². The summed E-state index contributed by atoms with van der Waals surface area (Å²) in [6.45, 7) is 5.63. The van der Waals surface area contributed by atoms with Gasteiger partial charge in [-0.1, -0.05) is 32.4 Å². The van der Waals surface area contributed by atoms with Crippen LogP contribution in [0.15, 0.2) is 17.4 Å². The molecule has 0 aliphatic carbocycles. The molecule has 0 saturated heterocycles. The molecule has 9 heteroatoms. The molecule has 0 spiro atoms. The van der Waals surface area contributed by atoms with Crippen molar-refractivity contribution in [3.63, 3.8) is 0 Å². The maximum atomic E-state index is 12.4. The van der Waals surface area contributed by atoms with Crippen LogP contribution in [-0.4, -0.2) is 24.1 Å². The number of fused-ring (bicyclic) bond motifs is 1. The molecule has 0 amide bonds. The van der Waals surface area contributed by atoms with Crippen LogP contribution in [0.3, 0.4) is 0 Å². The molecule has 0 aliphatic heterocycles. The second-order valence-corrected chi connectivity index (χ2v) is 6.95. The number of alkyl halides is 3. The Bertz CT molecular complexity index is 691. The standard InChI is InChI=1S/C11H11ClF3N3OS/c1-10(2,3)8-9(12)18-5-16-7(4-6(18)17-8)20(19)11(13,14)15/h4-5H,1-3H3. The van der Waals surface area contributed by atoms with Crippen LogP contribution < -0.4 is 0 Å². The number of aromatic nitrogens is 3. The van der Waals surface area contributed by atoms with Gasteiger partial charge in [-0.3, -0.25) is 4.40 Å². The zero-order valence-corrected chi connectivity index (χ0v) is 12.4. The van der Waals surface area contributed by atoms with Gasteiger partial charge in [-0.05, 0) is 0 Å². The fourth-order valence-electron chi connectivity index (χ4n) is 1.60. The van der Waals surface area contributed by atoms with Crippen LogP contribution in [0.2, 0.25) is 5.15 Å². The summed E-state index contributed by atoms with van der Waals surface area (Å²) in [5.41, 5.74) is -4.50. The Morgan fingerprint density at radius 3 is 2.40 bits per heavy atom. The lowest BCUT2D eigenvalue weighted by Crippen LogP contribution is -2.17. The van der Waals surface area contributed by atoms with E-state index in [9.17, 15) is 17.4 Å². The van der Waals surface area contributed by atoms with Crippen molar-refractivity contribution >= 4 is 28.0 Å². The highest BCUT2D eigenvalue weighted by Gasteiger charge is 2.39. The van der Waals surface area contributed by atoms with Crippen molar-refractivity contribution in [2.45, 2.75) is 36.7 Å². The number of nitrogens with zero attached hydrogens (tertiary/aromatic N) is 3. The Kier molecular flexibility index (Phi) is 3.58. The Labute approximate surface area is 120 Å². The first-order valence-corrected chi connectivity index (χ1v) is 7.07. The molecular weight excluding hydrogens is 315 g/mol. The minimum Gasteiger partial charge on any atom is -0.273 e. The predicted octanol–water partition coefficient (Wildman–Crippen LogP) is 3.31. The van der Waals surface area contributed by atoms with E-state index in [2.05, 4.69) is 9.97 Å². The highest BCUT2D eigenvalue weighted by Crippen LogP contribution is 2.31. The largest absolute Gasteiger partial charge is 0.477 e. The summed E-state index contributed by atoms with van der Waals surface area (Å²) in [4.78, 5) is 7.75. The van der Waals surface area contributed by atoms with E-state index in [-0.39, 0.29) is 16.2 Å². The third-order valence-electron chi connectivity index (χ3n) is 2.54. The van der Waals surface area contributed by atoms with Gasteiger partial charge in [0.05, 0.1) is 5.69 Å². The second-order valence-electron chi connectivity index (χ2n) is 5.17. The van der Waals surface area contributed by atoms with E-state index in [1.54, 1.807) is 0 Å². The maximum absolute atomic E-state index is 12.4. The fraction of sp³-hybridized carbons (Fsp3) is 0.455. The first-order valence-electron chi connectivity index (χ1n) is 5.54. The van der Waals surface area contributed by atoms with Gasteiger partial charge in [-0.25, -0.2) is 14.2 Å². The van der Waals surface area contributed by atoms with Crippen LogP contribution in [0.4, 0.5) is 13.2 Å². The third-order valence-corrected chi connectivity index (χ3v) is 3.93. The Morgan fingerprint density at radius 1 is 1.30 bits per heavy atom. The highest BCUT2D eigenvalue weighted by atomic mass is 35.5. The van der Waals surface area contributed by atoms with E-state index >= 15 is 0 Å². The number of imidazole rings is 1. The molecule has 0 fully saturated rings. The van der Waals surface area contributed by atoms with Crippen LogP contribution >= 0.6 is 11.6 Å². The smallest absolute Gasteiger partial charge is 0.273 e. The lowest BCUT2D eigenvalue weighted by Gasteiger charge is -2.15. The summed E-state index contributed by atoms with van der Waals surface area (Å²) in [7, 11) is -3.18. The molecule has 110 valence electrons. The predicted molar refractivity (Wildman–Crippen MR) is 69.2 cm³/mol. The molecule has 0 N–H and O–H groups in total. The number of rotatable bonds is 1. The molecule has 0 aromatic carbocycles. The van der Waals surface area contributed by atoms with Gasteiger partial charge in [0.15, 0.2) is 10.8 Å². The molecule has 2 heterocycles. The molecule has 0 saturated carbocycles. The molecule has 1 atom stereocenters. The van der Waals surface area contributed by atoms with Gasteiger partial charge in [-0.2, -0.15) is 13.2 Å². The van der Waals surface area contributed by atoms with Gasteiger partial charge < -0.3 is 0 Å². The van der Waals surface area contributed by atoms with Crippen LogP contribution in [-0.2, 0) is 16.2 Å². The number of halogens is 4. The van der Waals surface area contributed by atoms with Gasteiger partial charge in [0, 0.05) is 11.5 Å². The summed E-state index contributed by atoms with van der Waals surface area (Å²) in [5, 5.41) is -0.309. The zero-order valence-electron chi connectivity index (χ0n) is 10.8. The van der Waals surface area contributed by atoms with Gasteiger partial charge in [0.1, 0.15) is 22.2 Å². The molecule has 0 radical (unpaired) electrons. The fourth-order valence-corrected chi connectivity index (χ4v) is 2.65.